The summed E-state index contributed by atoms with van der Waals surface area (Å²) in [5, 5.41) is 10.6. The first-order valence-corrected chi connectivity index (χ1v) is 9.39. The standard InChI is InChI=1S/C23H23NO5/c1-5-19(26)20-21(16-7-6-8-18(12-16)29-15(4)25)24(23(28)22(20)27)17-10-13(2)9-14(3)11-17/h6-12,21,27H,5H2,1-4H3. The van der Waals surface area contributed by atoms with E-state index in [2.05, 4.69) is 0 Å². The summed E-state index contributed by atoms with van der Waals surface area (Å²) < 4.78 is 5.16. The number of nitrogens with zero attached hydrogens (tertiary/aromatic N) is 1. The van der Waals surface area contributed by atoms with Crippen molar-refractivity contribution in [3.8, 4) is 5.75 Å². The van der Waals surface area contributed by atoms with Crippen LogP contribution in [0.15, 0.2) is 53.8 Å². The fourth-order valence-corrected chi connectivity index (χ4v) is 3.67. The first-order chi connectivity index (χ1) is 13.7. The molecular formula is C23H23NO5. The molecule has 1 unspecified atom stereocenters. The Bertz CT molecular complexity index is 1020. The van der Waals surface area contributed by atoms with Crippen LogP contribution in [-0.2, 0) is 14.4 Å². The normalized spacial score (nSPS) is 16.3. The van der Waals surface area contributed by atoms with Crippen molar-refractivity contribution >= 4 is 23.3 Å². The lowest BCUT2D eigenvalue weighted by atomic mass is 9.94. The molecule has 1 aliphatic heterocycles. The Morgan fingerprint density at radius 2 is 1.76 bits per heavy atom. The van der Waals surface area contributed by atoms with Crippen molar-refractivity contribution in [3.63, 3.8) is 0 Å². The second-order valence-corrected chi connectivity index (χ2v) is 7.13. The Labute approximate surface area is 169 Å². The number of benzene rings is 2. The number of carbonyl (C=O) groups excluding carboxylic acids is 3. The molecule has 1 aliphatic rings. The fourth-order valence-electron chi connectivity index (χ4n) is 3.67. The molecule has 0 aliphatic carbocycles. The molecular weight excluding hydrogens is 370 g/mol. The van der Waals surface area contributed by atoms with Gasteiger partial charge in [0.15, 0.2) is 11.5 Å². The molecule has 0 saturated heterocycles. The molecule has 1 atom stereocenters. The SMILES string of the molecule is CCC(=O)C1=C(O)C(=O)N(c2cc(C)cc(C)c2)C1c1cccc(OC(C)=O)c1. The van der Waals surface area contributed by atoms with E-state index in [4.69, 9.17) is 4.74 Å². The number of hydrogen-bond acceptors (Lipinski definition) is 5. The highest BCUT2D eigenvalue weighted by atomic mass is 16.5. The fraction of sp³-hybridized carbons (Fsp3) is 0.261. The maximum Gasteiger partial charge on any atom is 0.308 e. The molecule has 0 bridgehead atoms. The van der Waals surface area contributed by atoms with E-state index in [0.717, 1.165) is 11.1 Å². The van der Waals surface area contributed by atoms with Gasteiger partial charge in [0.2, 0.25) is 0 Å². The summed E-state index contributed by atoms with van der Waals surface area (Å²) in [6.07, 6.45) is 0.146. The van der Waals surface area contributed by atoms with Gasteiger partial charge in [0.05, 0.1) is 11.6 Å². The van der Waals surface area contributed by atoms with Crippen LogP contribution in [0.2, 0.25) is 0 Å². The largest absolute Gasteiger partial charge is 0.503 e. The molecule has 6 heteroatoms. The highest BCUT2D eigenvalue weighted by Crippen LogP contribution is 2.42. The van der Waals surface area contributed by atoms with Crippen LogP contribution in [0.4, 0.5) is 5.69 Å². The molecule has 0 aromatic heterocycles. The molecule has 29 heavy (non-hydrogen) atoms. The predicted octanol–water partition coefficient (Wildman–Crippen LogP) is 4.11. The van der Waals surface area contributed by atoms with Gasteiger partial charge in [0, 0.05) is 19.0 Å². The number of ketones is 1. The molecule has 6 nitrogen and oxygen atoms in total. The average Bonchev–Trinajstić information content (AvgIpc) is 2.91. The zero-order chi connectivity index (χ0) is 21.3. The van der Waals surface area contributed by atoms with Crippen LogP contribution in [0.5, 0.6) is 5.75 Å². The van der Waals surface area contributed by atoms with Crippen molar-refractivity contribution in [1.29, 1.82) is 0 Å². The summed E-state index contributed by atoms with van der Waals surface area (Å²) in [5.41, 5.74) is 3.11. The summed E-state index contributed by atoms with van der Waals surface area (Å²) in [6, 6.07) is 11.5. The summed E-state index contributed by atoms with van der Waals surface area (Å²) in [4.78, 5) is 38.4. The van der Waals surface area contributed by atoms with E-state index in [9.17, 15) is 19.5 Å². The molecule has 0 saturated carbocycles. The van der Waals surface area contributed by atoms with Gasteiger partial charge in [0.25, 0.3) is 5.91 Å². The van der Waals surface area contributed by atoms with E-state index in [0.29, 0.717) is 17.0 Å². The molecule has 1 heterocycles. The molecule has 1 amide bonds. The lowest BCUT2D eigenvalue weighted by Crippen LogP contribution is -2.31. The van der Waals surface area contributed by atoms with Crippen LogP contribution in [0.25, 0.3) is 0 Å². The van der Waals surface area contributed by atoms with Crippen molar-refractivity contribution in [2.75, 3.05) is 4.90 Å². The van der Waals surface area contributed by atoms with Gasteiger partial charge in [-0.2, -0.15) is 0 Å². The van der Waals surface area contributed by atoms with Gasteiger partial charge in [-0.3, -0.25) is 19.3 Å². The highest BCUT2D eigenvalue weighted by Gasteiger charge is 2.44. The summed E-state index contributed by atoms with van der Waals surface area (Å²) in [6.45, 7) is 6.81. The van der Waals surface area contributed by atoms with Crippen LogP contribution in [0, 0.1) is 13.8 Å². The van der Waals surface area contributed by atoms with Crippen molar-refractivity contribution in [3.05, 3.63) is 70.5 Å². The third-order valence-electron chi connectivity index (χ3n) is 4.75. The number of amides is 1. The number of aliphatic hydroxyl groups is 1. The number of aryl methyl sites for hydroxylation is 2. The van der Waals surface area contributed by atoms with Crippen molar-refractivity contribution in [2.24, 2.45) is 0 Å². The number of ether oxygens (including phenoxy) is 1. The number of Topliss-reactive ketones (excluding diaryl/α,β-unsaturated/α-hetero) is 1. The van der Waals surface area contributed by atoms with Crippen molar-refractivity contribution in [2.45, 2.75) is 40.2 Å². The highest BCUT2D eigenvalue weighted by molar-refractivity contribution is 6.16. The van der Waals surface area contributed by atoms with Crippen LogP contribution < -0.4 is 9.64 Å². The molecule has 2 aromatic carbocycles. The van der Waals surface area contributed by atoms with E-state index >= 15 is 0 Å². The van der Waals surface area contributed by atoms with Gasteiger partial charge >= 0.3 is 5.97 Å². The van der Waals surface area contributed by atoms with Gasteiger partial charge in [-0.1, -0.05) is 25.1 Å². The second kappa shape index (κ2) is 7.91. The summed E-state index contributed by atoms with van der Waals surface area (Å²) >= 11 is 0. The second-order valence-electron chi connectivity index (χ2n) is 7.13. The Morgan fingerprint density at radius 1 is 1.10 bits per heavy atom. The van der Waals surface area contributed by atoms with Gasteiger partial charge in [0.1, 0.15) is 5.75 Å². The smallest absolute Gasteiger partial charge is 0.308 e. The summed E-state index contributed by atoms with van der Waals surface area (Å²) in [7, 11) is 0. The first-order valence-electron chi connectivity index (χ1n) is 9.39. The van der Waals surface area contributed by atoms with Crippen LogP contribution >= 0.6 is 0 Å². The van der Waals surface area contributed by atoms with Crippen LogP contribution in [0.3, 0.4) is 0 Å². The van der Waals surface area contributed by atoms with Gasteiger partial charge in [-0.15, -0.1) is 0 Å². The molecule has 150 valence electrons. The summed E-state index contributed by atoms with van der Waals surface area (Å²) in [5.74, 6) is -1.66. The minimum absolute atomic E-state index is 0.0524. The zero-order valence-electron chi connectivity index (χ0n) is 16.9. The Kier molecular flexibility index (Phi) is 5.55. The van der Waals surface area contributed by atoms with E-state index in [1.807, 2.05) is 32.0 Å². The van der Waals surface area contributed by atoms with E-state index < -0.39 is 23.7 Å². The molecule has 0 spiro atoms. The minimum Gasteiger partial charge on any atom is -0.503 e. The number of anilines is 1. The van der Waals surface area contributed by atoms with E-state index in [-0.39, 0.29) is 17.8 Å². The monoisotopic (exact) mass is 393 g/mol. The van der Waals surface area contributed by atoms with Gasteiger partial charge in [-0.25, -0.2) is 0 Å². The Morgan fingerprint density at radius 3 is 2.34 bits per heavy atom. The van der Waals surface area contributed by atoms with Crippen molar-refractivity contribution < 1.29 is 24.2 Å². The van der Waals surface area contributed by atoms with Crippen LogP contribution in [0.1, 0.15) is 43.0 Å². The first kappa shape index (κ1) is 20.3. The minimum atomic E-state index is -0.813. The predicted molar refractivity (Wildman–Crippen MR) is 109 cm³/mol. The number of aliphatic hydroxyl groups excluding tert-OH is 1. The van der Waals surface area contributed by atoms with Crippen LogP contribution in [-0.4, -0.2) is 22.8 Å². The third kappa shape index (κ3) is 3.92. The maximum absolute atomic E-state index is 13.0. The van der Waals surface area contributed by atoms with E-state index in [1.54, 1.807) is 31.2 Å². The number of carbonyl (C=O) groups is 3. The number of hydrogen-bond donors (Lipinski definition) is 1. The topological polar surface area (TPSA) is 83.9 Å². The molecule has 2 aromatic rings. The lowest BCUT2D eigenvalue weighted by molar-refractivity contribution is -0.132. The zero-order valence-corrected chi connectivity index (χ0v) is 16.9. The molecule has 1 N–H and O–H groups in total. The molecule has 0 fully saturated rings. The van der Waals surface area contributed by atoms with Gasteiger partial charge in [-0.05, 0) is 54.8 Å². The molecule has 0 radical (unpaired) electrons. The lowest BCUT2D eigenvalue weighted by Gasteiger charge is -2.27. The number of esters is 1. The van der Waals surface area contributed by atoms with E-state index in [1.165, 1.54) is 11.8 Å². The van der Waals surface area contributed by atoms with Crippen molar-refractivity contribution in [1.82, 2.24) is 0 Å². The Hall–Kier alpha value is -3.41. The molecule has 3 rings (SSSR count). The quantitative estimate of drug-likeness (QED) is 0.611. The average molecular weight is 393 g/mol. The third-order valence-corrected chi connectivity index (χ3v) is 4.75. The number of rotatable bonds is 5. The maximum atomic E-state index is 13.0. The van der Waals surface area contributed by atoms with Gasteiger partial charge < -0.3 is 9.84 Å². The Balaban J connectivity index is 2.19.